The number of benzene rings is 2. The molecule has 0 saturated carbocycles. The topological polar surface area (TPSA) is 85.4 Å². The van der Waals surface area contributed by atoms with Gasteiger partial charge in [0.2, 0.25) is 10.9 Å². The van der Waals surface area contributed by atoms with Crippen LogP contribution in [0.15, 0.2) is 58.9 Å². The number of aromatic nitrogens is 1. The van der Waals surface area contributed by atoms with E-state index < -0.39 is 10.1 Å². The molecule has 1 aromatic heterocycles. The van der Waals surface area contributed by atoms with Crippen molar-refractivity contribution in [1.82, 2.24) is 4.98 Å². The maximum absolute atomic E-state index is 13.0. The van der Waals surface area contributed by atoms with E-state index in [9.17, 15) is 17.6 Å². The van der Waals surface area contributed by atoms with Gasteiger partial charge >= 0.3 is 10.1 Å². The molecule has 1 amide bonds. The minimum Gasteiger partial charge on any atom is -0.378 e. The summed E-state index contributed by atoms with van der Waals surface area (Å²) in [7, 11) is -4.11. The smallest absolute Gasteiger partial charge is 0.357 e. The molecule has 0 saturated heterocycles. The molecule has 3 rings (SSSR count). The number of rotatable bonds is 5. The number of hydrogen-bond donors (Lipinski definition) is 1. The van der Waals surface area contributed by atoms with Gasteiger partial charge in [0.05, 0.1) is 0 Å². The number of anilines is 1. The minimum absolute atomic E-state index is 0.0930. The van der Waals surface area contributed by atoms with Gasteiger partial charge in [0.25, 0.3) is 0 Å². The van der Waals surface area contributed by atoms with E-state index in [2.05, 4.69) is 10.3 Å². The lowest BCUT2D eigenvalue weighted by Gasteiger charge is -2.06. The average Bonchev–Trinajstić information content (AvgIpc) is 3.08. The van der Waals surface area contributed by atoms with E-state index in [1.165, 1.54) is 60.8 Å². The number of thiazole rings is 1. The Balaban J connectivity index is 1.78. The van der Waals surface area contributed by atoms with Crippen LogP contribution in [-0.4, -0.2) is 19.3 Å². The maximum Gasteiger partial charge on any atom is 0.357 e. The quantitative estimate of drug-likeness (QED) is 0.670. The summed E-state index contributed by atoms with van der Waals surface area (Å²) < 4.78 is 42.8. The third kappa shape index (κ3) is 4.24. The second kappa shape index (κ2) is 7.22. The van der Waals surface area contributed by atoms with Gasteiger partial charge in [-0.05, 0) is 48.5 Å². The number of hydrogen-bond acceptors (Lipinski definition) is 6. The molecule has 1 heterocycles. The zero-order chi connectivity index (χ0) is 18.7. The van der Waals surface area contributed by atoms with Crippen molar-refractivity contribution in [3.8, 4) is 16.3 Å². The lowest BCUT2D eigenvalue weighted by molar-refractivity contribution is -0.114. The summed E-state index contributed by atoms with van der Waals surface area (Å²) in [5.41, 5.74) is 1.13. The predicted octanol–water partition coefficient (Wildman–Crippen LogP) is 3.68. The Labute approximate surface area is 153 Å². The predicted molar refractivity (Wildman–Crippen MR) is 96.1 cm³/mol. The van der Waals surface area contributed by atoms with Crippen LogP contribution in [0.4, 0.5) is 10.1 Å². The lowest BCUT2D eigenvalue weighted by Crippen LogP contribution is -2.10. The number of nitrogens with one attached hydrogen (secondary N) is 1. The number of nitrogens with zero attached hydrogens (tertiary/aromatic N) is 1. The lowest BCUT2D eigenvalue weighted by atomic mass is 10.2. The highest BCUT2D eigenvalue weighted by Gasteiger charge is 2.21. The molecule has 0 fully saturated rings. The Bertz CT molecular complexity index is 1030. The zero-order valence-electron chi connectivity index (χ0n) is 13.5. The second-order valence-electron chi connectivity index (χ2n) is 5.24. The summed E-state index contributed by atoms with van der Waals surface area (Å²) in [6, 6.07) is 11.5. The van der Waals surface area contributed by atoms with Gasteiger partial charge in [-0.15, -0.1) is 11.3 Å². The fourth-order valence-corrected chi connectivity index (χ4v) is 4.08. The standard InChI is InChI=1S/C17H13FN2O4S2/c1-11(21)19-14-6-8-15(9-7-14)24-26(22,23)16-10-25-17(20-16)12-2-4-13(18)5-3-12/h2-10H,1H3,(H,19,21). The monoisotopic (exact) mass is 392 g/mol. The number of carbonyl (C=O) groups excluding carboxylic acids is 1. The van der Waals surface area contributed by atoms with Gasteiger partial charge in [-0.25, -0.2) is 9.37 Å². The van der Waals surface area contributed by atoms with Crippen molar-refractivity contribution in [3.05, 3.63) is 59.7 Å². The first-order chi connectivity index (χ1) is 12.3. The first-order valence-electron chi connectivity index (χ1n) is 7.37. The Morgan fingerprint density at radius 3 is 2.38 bits per heavy atom. The van der Waals surface area contributed by atoms with Crippen molar-refractivity contribution in [2.45, 2.75) is 11.9 Å². The van der Waals surface area contributed by atoms with E-state index in [-0.39, 0.29) is 22.5 Å². The van der Waals surface area contributed by atoms with E-state index in [0.717, 1.165) is 11.3 Å². The van der Waals surface area contributed by atoms with E-state index >= 15 is 0 Å². The molecule has 1 N–H and O–H groups in total. The molecule has 0 aliphatic rings. The molecule has 3 aromatic rings. The van der Waals surface area contributed by atoms with Crippen molar-refractivity contribution < 1.29 is 21.8 Å². The number of halogens is 1. The molecule has 26 heavy (non-hydrogen) atoms. The van der Waals surface area contributed by atoms with Gasteiger partial charge in [-0.2, -0.15) is 8.42 Å². The molecule has 6 nitrogen and oxygen atoms in total. The fraction of sp³-hybridized carbons (Fsp3) is 0.0588. The first kappa shape index (κ1) is 18.0. The van der Waals surface area contributed by atoms with Crippen molar-refractivity contribution in [2.24, 2.45) is 0 Å². The highest BCUT2D eigenvalue weighted by atomic mass is 32.2. The Morgan fingerprint density at radius 1 is 1.12 bits per heavy atom. The van der Waals surface area contributed by atoms with Crippen molar-refractivity contribution in [1.29, 1.82) is 0 Å². The highest BCUT2D eigenvalue weighted by molar-refractivity contribution is 7.87. The SMILES string of the molecule is CC(=O)Nc1ccc(OS(=O)(=O)c2csc(-c3ccc(F)cc3)n2)cc1. The molecular formula is C17H13FN2O4S2. The summed E-state index contributed by atoms with van der Waals surface area (Å²) in [6.45, 7) is 1.37. The van der Waals surface area contributed by atoms with E-state index in [0.29, 0.717) is 16.3 Å². The van der Waals surface area contributed by atoms with Crippen LogP contribution in [0.5, 0.6) is 5.75 Å². The Kier molecular flexibility index (Phi) is 5.01. The van der Waals surface area contributed by atoms with Crippen molar-refractivity contribution in [3.63, 3.8) is 0 Å². The average molecular weight is 392 g/mol. The molecule has 9 heteroatoms. The second-order valence-corrected chi connectivity index (χ2v) is 7.59. The largest absolute Gasteiger partial charge is 0.378 e. The highest BCUT2D eigenvalue weighted by Crippen LogP contribution is 2.27. The molecule has 0 unspecified atom stereocenters. The van der Waals surface area contributed by atoms with Gasteiger partial charge in [0.1, 0.15) is 16.6 Å². The minimum atomic E-state index is -4.11. The summed E-state index contributed by atoms with van der Waals surface area (Å²) in [6.07, 6.45) is 0. The third-order valence-electron chi connectivity index (χ3n) is 3.21. The van der Waals surface area contributed by atoms with Gasteiger partial charge in [-0.1, -0.05) is 0 Å². The van der Waals surface area contributed by atoms with Gasteiger partial charge in [0, 0.05) is 23.6 Å². The molecule has 0 atom stereocenters. The van der Waals surface area contributed by atoms with Crippen LogP contribution >= 0.6 is 11.3 Å². The molecule has 0 aliphatic heterocycles. The van der Waals surface area contributed by atoms with Crippen LogP contribution in [0.1, 0.15) is 6.92 Å². The van der Waals surface area contributed by atoms with Crippen molar-refractivity contribution in [2.75, 3.05) is 5.32 Å². The molecule has 0 aliphatic carbocycles. The Morgan fingerprint density at radius 2 is 1.77 bits per heavy atom. The molecular weight excluding hydrogens is 379 g/mol. The van der Waals surface area contributed by atoms with Crippen molar-refractivity contribution >= 4 is 33.0 Å². The van der Waals surface area contributed by atoms with Gasteiger partial charge < -0.3 is 9.50 Å². The molecule has 134 valence electrons. The third-order valence-corrected chi connectivity index (χ3v) is 5.38. The van der Waals surface area contributed by atoms with Crippen LogP contribution in [-0.2, 0) is 14.9 Å². The Hall–Kier alpha value is -2.78. The van der Waals surface area contributed by atoms with Crippen LogP contribution in [0, 0.1) is 5.82 Å². The van der Waals surface area contributed by atoms with Crippen LogP contribution < -0.4 is 9.50 Å². The fourth-order valence-electron chi connectivity index (χ4n) is 2.07. The van der Waals surface area contributed by atoms with Crippen LogP contribution in [0.25, 0.3) is 10.6 Å². The summed E-state index contributed by atoms with van der Waals surface area (Å²) >= 11 is 1.11. The summed E-state index contributed by atoms with van der Waals surface area (Å²) in [4.78, 5) is 15.0. The maximum atomic E-state index is 13.0. The normalized spacial score (nSPS) is 11.2. The van der Waals surface area contributed by atoms with Gasteiger partial charge in [-0.3, -0.25) is 4.79 Å². The van der Waals surface area contributed by atoms with E-state index in [4.69, 9.17) is 4.18 Å². The van der Waals surface area contributed by atoms with Crippen LogP contribution in [0.2, 0.25) is 0 Å². The van der Waals surface area contributed by atoms with Gasteiger partial charge in [0.15, 0.2) is 0 Å². The zero-order valence-corrected chi connectivity index (χ0v) is 15.1. The molecule has 2 aromatic carbocycles. The number of carbonyl (C=O) groups is 1. The number of amides is 1. The summed E-state index contributed by atoms with van der Waals surface area (Å²) in [5.74, 6) is -0.526. The van der Waals surface area contributed by atoms with E-state index in [1.807, 2.05) is 0 Å². The first-order valence-corrected chi connectivity index (χ1v) is 9.66. The molecule has 0 spiro atoms. The molecule has 0 bridgehead atoms. The van der Waals surface area contributed by atoms with Crippen LogP contribution in [0.3, 0.4) is 0 Å². The summed E-state index contributed by atoms with van der Waals surface area (Å²) in [5, 5.41) is 4.14. The van der Waals surface area contributed by atoms with E-state index in [1.54, 1.807) is 0 Å². The molecule has 0 radical (unpaired) electrons.